The topological polar surface area (TPSA) is 29.5 Å². The van der Waals surface area contributed by atoms with Gasteiger partial charge in [0.2, 0.25) is 0 Å². The lowest BCUT2D eigenvalue weighted by Crippen LogP contribution is -2.05. The van der Waals surface area contributed by atoms with Gasteiger partial charge in [-0.25, -0.2) is 0 Å². The zero-order chi connectivity index (χ0) is 14.7. The molecule has 0 aliphatic carbocycles. The normalized spacial score (nSPS) is 12.2. The Kier molecular flexibility index (Phi) is 4.84. The van der Waals surface area contributed by atoms with Crippen molar-refractivity contribution in [1.82, 2.24) is 0 Å². The van der Waals surface area contributed by atoms with Crippen molar-refractivity contribution < 1.29 is 9.84 Å². The highest BCUT2D eigenvalue weighted by Crippen LogP contribution is 2.29. The van der Waals surface area contributed by atoms with Crippen molar-refractivity contribution in [2.24, 2.45) is 0 Å². The van der Waals surface area contributed by atoms with Crippen molar-refractivity contribution in [3.63, 3.8) is 0 Å². The zero-order valence-corrected chi connectivity index (χ0v) is 13.6. The third-order valence-corrected chi connectivity index (χ3v) is 4.37. The molecule has 106 valence electrons. The summed E-state index contributed by atoms with van der Waals surface area (Å²) in [6.45, 7) is 4.05. The van der Waals surface area contributed by atoms with Gasteiger partial charge in [0.1, 0.15) is 5.75 Å². The molecule has 0 heterocycles. The van der Waals surface area contributed by atoms with E-state index in [-0.39, 0.29) is 0 Å². The van der Waals surface area contributed by atoms with E-state index in [0.29, 0.717) is 6.42 Å². The molecule has 0 fully saturated rings. The second-order valence-electron chi connectivity index (χ2n) is 4.99. The summed E-state index contributed by atoms with van der Waals surface area (Å²) in [6.07, 6.45) is 0.0180. The smallest absolute Gasteiger partial charge is 0.122 e. The molecule has 3 heteroatoms. The molecule has 2 rings (SSSR count). The fraction of sp³-hybridized carbons (Fsp3) is 0.294. The van der Waals surface area contributed by atoms with Gasteiger partial charge in [0.15, 0.2) is 0 Å². The highest BCUT2D eigenvalue weighted by molar-refractivity contribution is 9.10. The van der Waals surface area contributed by atoms with Gasteiger partial charge < -0.3 is 9.84 Å². The van der Waals surface area contributed by atoms with E-state index in [1.807, 2.05) is 44.2 Å². The zero-order valence-electron chi connectivity index (χ0n) is 12.0. The van der Waals surface area contributed by atoms with Crippen molar-refractivity contribution in [2.75, 3.05) is 7.11 Å². The van der Waals surface area contributed by atoms with Crippen LogP contribution < -0.4 is 4.74 Å². The van der Waals surface area contributed by atoms with E-state index in [9.17, 15) is 5.11 Å². The molecule has 2 aromatic rings. The molecule has 0 saturated heterocycles. The summed E-state index contributed by atoms with van der Waals surface area (Å²) >= 11 is 3.52. The van der Waals surface area contributed by atoms with Gasteiger partial charge in [-0.3, -0.25) is 0 Å². The van der Waals surface area contributed by atoms with E-state index in [4.69, 9.17) is 4.74 Å². The van der Waals surface area contributed by atoms with Crippen LogP contribution in [0.25, 0.3) is 0 Å². The van der Waals surface area contributed by atoms with Gasteiger partial charge in [-0.1, -0.05) is 40.2 Å². The van der Waals surface area contributed by atoms with Crippen molar-refractivity contribution in [2.45, 2.75) is 26.4 Å². The maximum absolute atomic E-state index is 10.5. The Bertz CT molecular complexity index is 608. The van der Waals surface area contributed by atoms with Crippen LogP contribution in [0.1, 0.15) is 28.4 Å². The SMILES string of the molecule is COc1ccccc1CC(O)c1cc(C)c(Br)cc1C. The van der Waals surface area contributed by atoms with E-state index in [1.165, 1.54) is 0 Å². The first-order chi connectivity index (χ1) is 9.52. The molecule has 1 unspecified atom stereocenters. The lowest BCUT2D eigenvalue weighted by molar-refractivity contribution is 0.176. The predicted octanol–water partition coefficient (Wildman–Crippen LogP) is 4.35. The standard InChI is InChI=1S/C17H19BrO2/c1-11-9-15(18)12(2)8-14(11)16(19)10-13-6-4-5-7-17(13)20-3/h4-9,16,19H,10H2,1-3H3. The number of benzene rings is 2. The van der Waals surface area contributed by atoms with Crippen molar-refractivity contribution in [3.8, 4) is 5.75 Å². The van der Waals surface area contributed by atoms with Crippen LogP contribution in [-0.4, -0.2) is 12.2 Å². The third kappa shape index (κ3) is 3.22. The summed E-state index contributed by atoms with van der Waals surface area (Å²) in [6, 6.07) is 11.9. The summed E-state index contributed by atoms with van der Waals surface area (Å²) in [5.74, 6) is 0.818. The minimum Gasteiger partial charge on any atom is -0.496 e. The first-order valence-corrected chi connectivity index (χ1v) is 7.39. The predicted molar refractivity (Wildman–Crippen MR) is 85.3 cm³/mol. The molecule has 0 amide bonds. The van der Waals surface area contributed by atoms with Gasteiger partial charge in [-0.15, -0.1) is 0 Å². The second-order valence-corrected chi connectivity index (χ2v) is 5.84. The summed E-state index contributed by atoms with van der Waals surface area (Å²) in [5.41, 5.74) is 4.20. The van der Waals surface area contributed by atoms with Gasteiger partial charge in [0.25, 0.3) is 0 Å². The van der Waals surface area contributed by atoms with E-state index in [2.05, 4.69) is 22.0 Å². The Morgan fingerprint density at radius 3 is 2.55 bits per heavy atom. The number of aliphatic hydroxyl groups is 1. The van der Waals surface area contributed by atoms with E-state index >= 15 is 0 Å². The summed E-state index contributed by atoms with van der Waals surface area (Å²) < 4.78 is 6.41. The summed E-state index contributed by atoms with van der Waals surface area (Å²) in [4.78, 5) is 0. The first kappa shape index (κ1) is 15.1. The minimum absolute atomic E-state index is 0.530. The Hall–Kier alpha value is -1.32. The van der Waals surface area contributed by atoms with Crippen LogP contribution >= 0.6 is 15.9 Å². The number of ether oxygens (including phenoxy) is 1. The van der Waals surface area contributed by atoms with Crippen LogP contribution in [0.15, 0.2) is 40.9 Å². The third-order valence-electron chi connectivity index (χ3n) is 3.51. The highest BCUT2D eigenvalue weighted by Gasteiger charge is 2.15. The Morgan fingerprint density at radius 2 is 1.85 bits per heavy atom. The Balaban J connectivity index is 2.28. The van der Waals surface area contributed by atoms with Gasteiger partial charge >= 0.3 is 0 Å². The van der Waals surface area contributed by atoms with Crippen LogP contribution in [0.2, 0.25) is 0 Å². The molecule has 20 heavy (non-hydrogen) atoms. The lowest BCUT2D eigenvalue weighted by Gasteiger charge is -2.17. The van der Waals surface area contributed by atoms with Gasteiger partial charge in [0.05, 0.1) is 13.2 Å². The maximum Gasteiger partial charge on any atom is 0.122 e. The first-order valence-electron chi connectivity index (χ1n) is 6.59. The molecule has 2 aromatic carbocycles. The van der Waals surface area contributed by atoms with Gasteiger partial charge in [0, 0.05) is 10.9 Å². The van der Waals surface area contributed by atoms with Gasteiger partial charge in [-0.05, 0) is 48.2 Å². The summed E-state index contributed by atoms with van der Waals surface area (Å²) in [7, 11) is 1.65. The number of rotatable bonds is 4. The number of halogens is 1. The van der Waals surface area contributed by atoms with E-state index in [1.54, 1.807) is 7.11 Å². The van der Waals surface area contributed by atoms with Crippen LogP contribution in [0, 0.1) is 13.8 Å². The highest BCUT2D eigenvalue weighted by atomic mass is 79.9. The van der Waals surface area contributed by atoms with Crippen LogP contribution in [0.4, 0.5) is 0 Å². The number of hydrogen-bond donors (Lipinski definition) is 1. The fourth-order valence-corrected chi connectivity index (χ4v) is 2.81. The van der Waals surface area contributed by atoms with Crippen LogP contribution in [0.3, 0.4) is 0 Å². The minimum atomic E-state index is -0.530. The lowest BCUT2D eigenvalue weighted by atomic mass is 9.96. The summed E-state index contributed by atoms with van der Waals surface area (Å²) in [5, 5.41) is 10.5. The Morgan fingerprint density at radius 1 is 1.15 bits per heavy atom. The van der Waals surface area contributed by atoms with Crippen molar-refractivity contribution in [3.05, 3.63) is 63.1 Å². The second kappa shape index (κ2) is 6.42. The van der Waals surface area contributed by atoms with Crippen LogP contribution in [-0.2, 0) is 6.42 Å². The van der Waals surface area contributed by atoms with Gasteiger partial charge in [-0.2, -0.15) is 0 Å². The fourth-order valence-electron chi connectivity index (χ4n) is 2.35. The maximum atomic E-state index is 10.5. The molecular formula is C17H19BrO2. The number of para-hydroxylation sites is 1. The molecular weight excluding hydrogens is 316 g/mol. The molecule has 1 N–H and O–H groups in total. The molecule has 0 saturated carbocycles. The van der Waals surface area contributed by atoms with E-state index in [0.717, 1.165) is 32.5 Å². The van der Waals surface area contributed by atoms with Crippen molar-refractivity contribution in [1.29, 1.82) is 0 Å². The number of aryl methyl sites for hydroxylation is 2. The quantitative estimate of drug-likeness (QED) is 0.900. The molecule has 0 aliphatic heterocycles. The number of aliphatic hydroxyl groups excluding tert-OH is 1. The average molecular weight is 335 g/mol. The monoisotopic (exact) mass is 334 g/mol. The van der Waals surface area contributed by atoms with Crippen LogP contribution in [0.5, 0.6) is 5.75 Å². The van der Waals surface area contributed by atoms with Crippen molar-refractivity contribution >= 4 is 15.9 Å². The molecule has 0 spiro atoms. The largest absolute Gasteiger partial charge is 0.496 e. The molecule has 0 aromatic heterocycles. The number of hydrogen-bond acceptors (Lipinski definition) is 2. The Labute approximate surface area is 128 Å². The molecule has 1 atom stereocenters. The molecule has 2 nitrogen and oxygen atoms in total. The number of methoxy groups -OCH3 is 1. The molecule has 0 bridgehead atoms. The molecule has 0 aliphatic rings. The average Bonchev–Trinajstić information content (AvgIpc) is 2.43. The van der Waals surface area contributed by atoms with E-state index < -0.39 is 6.10 Å². The molecule has 0 radical (unpaired) electrons.